The summed E-state index contributed by atoms with van der Waals surface area (Å²) in [5.41, 5.74) is 4.08. The van der Waals surface area contributed by atoms with Gasteiger partial charge in [-0.1, -0.05) is 60.7 Å². The smallest absolute Gasteiger partial charge is 0.224 e. The number of benzene rings is 2. The summed E-state index contributed by atoms with van der Waals surface area (Å²) in [7, 11) is 0. The van der Waals surface area contributed by atoms with Crippen LogP contribution in [0.1, 0.15) is 35.0 Å². The Kier molecular flexibility index (Phi) is 4.29. The summed E-state index contributed by atoms with van der Waals surface area (Å²) in [5.74, 6) is 0.0129. The Balaban J connectivity index is 1.56. The van der Waals surface area contributed by atoms with Crippen molar-refractivity contribution in [1.29, 1.82) is 0 Å². The summed E-state index contributed by atoms with van der Waals surface area (Å²) in [4.78, 5) is 12.9. The molecule has 3 aromatic rings. The van der Waals surface area contributed by atoms with Gasteiger partial charge in [-0.15, -0.1) is 0 Å². The van der Waals surface area contributed by atoms with Crippen molar-refractivity contribution in [3.8, 4) is 0 Å². The Labute approximate surface area is 146 Å². The molecule has 0 bridgehead atoms. The number of aromatic nitrogens is 3. The molecule has 5 heteroatoms. The van der Waals surface area contributed by atoms with Gasteiger partial charge in [0.05, 0.1) is 17.4 Å². The molecule has 25 heavy (non-hydrogen) atoms. The summed E-state index contributed by atoms with van der Waals surface area (Å²) in [6.45, 7) is 0. The van der Waals surface area contributed by atoms with Crippen molar-refractivity contribution in [3.05, 3.63) is 83.2 Å². The molecule has 0 saturated heterocycles. The SMILES string of the molecule is O=C(NC(c1ccccc1)c1ccccc1)C1CCc2n[nH]nc2C1. The van der Waals surface area contributed by atoms with Crippen LogP contribution < -0.4 is 5.32 Å². The van der Waals surface area contributed by atoms with Gasteiger partial charge in [0.1, 0.15) is 0 Å². The van der Waals surface area contributed by atoms with Crippen molar-refractivity contribution >= 4 is 5.91 Å². The third-order valence-electron chi connectivity index (χ3n) is 4.80. The van der Waals surface area contributed by atoms with Crippen LogP contribution in [0.2, 0.25) is 0 Å². The lowest BCUT2D eigenvalue weighted by Crippen LogP contribution is -2.37. The molecule has 1 unspecified atom stereocenters. The van der Waals surface area contributed by atoms with Crippen LogP contribution >= 0.6 is 0 Å². The van der Waals surface area contributed by atoms with E-state index in [4.69, 9.17) is 0 Å². The molecule has 2 N–H and O–H groups in total. The molecule has 0 fully saturated rings. The van der Waals surface area contributed by atoms with Crippen molar-refractivity contribution in [2.24, 2.45) is 5.92 Å². The average molecular weight is 332 g/mol. The zero-order chi connectivity index (χ0) is 17.1. The number of hydrogen-bond acceptors (Lipinski definition) is 3. The number of fused-ring (bicyclic) bond motifs is 1. The quantitative estimate of drug-likeness (QED) is 0.772. The highest BCUT2D eigenvalue weighted by Gasteiger charge is 2.29. The molecule has 1 aliphatic rings. The van der Waals surface area contributed by atoms with Crippen LogP contribution in [0.5, 0.6) is 0 Å². The normalized spacial score (nSPS) is 16.4. The first-order valence-electron chi connectivity index (χ1n) is 8.60. The summed E-state index contributed by atoms with van der Waals surface area (Å²) < 4.78 is 0. The Morgan fingerprint density at radius 2 is 1.56 bits per heavy atom. The second-order valence-electron chi connectivity index (χ2n) is 6.42. The first-order chi connectivity index (χ1) is 12.3. The van der Waals surface area contributed by atoms with Gasteiger partial charge >= 0.3 is 0 Å². The maximum absolute atomic E-state index is 12.9. The largest absolute Gasteiger partial charge is 0.345 e. The number of carbonyl (C=O) groups excluding carboxylic acids is 1. The molecule has 0 spiro atoms. The zero-order valence-electron chi connectivity index (χ0n) is 13.9. The van der Waals surface area contributed by atoms with Crippen molar-refractivity contribution in [3.63, 3.8) is 0 Å². The molecular weight excluding hydrogens is 312 g/mol. The molecule has 1 heterocycles. The van der Waals surface area contributed by atoms with E-state index in [1.165, 1.54) is 0 Å². The number of amides is 1. The number of carbonyl (C=O) groups is 1. The standard InChI is InChI=1S/C20H20N4O/c25-20(16-11-12-17-18(13-16)23-24-22-17)21-19(14-7-3-1-4-8-14)15-9-5-2-6-10-15/h1-10,16,19H,11-13H2,(H,21,25)(H,22,23,24). The fourth-order valence-electron chi connectivity index (χ4n) is 3.42. The minimum absolute atomic E-state index is 0.0625. The van der Waals surface area contributed by atoms with E-state index in [2.05, 4.69) is 45.0 Å². The van der Waals surface area contributed by atoms with Crippen molar-refractivity contribution in [2.45, 2.75) is 25.3 Å². The van der Waals surface area contributed by atoms with Crippen LogP contribution in [0.3, 0.4) is 0 Å². The second kappa shape index (κ2) is 6.89. The summed E-state index contributed by atoms with van der Waals surface area (Å²) in [6.07, 6.45) is 2.25. The second-order valence-corrected chi connectivity index (χ2v) is 6.42. The number of aryl methyl sites for hydroxylation is 1. The summed E-state index contributed by atoms with van der Waals surface area (Å²) in [5, 5.41) is 14.2. The van der Waals surface area contributed by atoms with Gasteiger partial charge in [-0.3, -0.25) is 4.79 Å². The highest BCUT2D eigenvalue weighted by atomic mass is 16.1. The lowest BCUT2D eigenvalue weighted by Gasteiger charge is -2.25. The fourth-order valence-corrected chi connectivity index (χ4v) is 3.42. The van der Waals surface area contributed by atoms with Crippen molar-refractivity contribution in [2.75, 3.05) is 0 Å². The molecule has 0 aliphatic heterocycles. The number of H-pyrrole nitrogens is 1. The van der Waals surface area contributed by atoms with Crippen LogP contribution in [0.4, 0.5) is 0 Å². The Morgan fingerprint density at radius 1 is 0.960 bits per heavy atom. The van der Waals surface area contributed by atoms with E-state index >= 15 is 0 Å². The first kappa shape index (κ1) is 15.6. The van der Waals surface area contributed by atoms with Gasteiger partial charge < -0.3 is 5.32 Å². The summed E-state index contributed by atoms with van der Waals surface area (Å²) in [6, 6.07) is 20.0. The van der Waals surface area contributed by atoms with Gasteiger partial charge in [0.25, 0.3) is 0 Å². The van der Waals surface area contributed by atoms with Gasteiger partial charge in [-0.25, -0.2) is 0 Å². The van der Waals surface area contributed by atoms with Gasteiger partial charge in [0, 0.05) is 12.3 Å². The van der Waals surface area contributed by atoms with Crippen LogP contribution in [0.25, 0.3) is 0 Å². The summed E-state index contributed by atoms with van der Waals surface area (Å²) >= 11 is 0. The number of aromatic amines is 1. The van der Waals surface area contributed by atoms with Gasteiger partial charge in [0.15, 0.2) is 0 Å². The molecule has 126 valence electrons. The number of nitrogens with one attached hydrogen (secondary N) is 2. The molecule has 5 nitrogen and oxygen atoms in total. The van der Waals surface area contributed by atoms with E-state index < -0.39 is 0 Å². The monoisotopic (exact) mass is 332 g/mol. The van der Waals surface area contributed by atoms with Crippen LogP contribution in [-0.4, -0.2) is 21.3 Å². The Hall–Kier alpha value is -2.95. The number of hydrogen-bond donors (Lipinski definition) is 2. The highest BCUT2D eigenvalue weighted by Crippen LogP contribution is 2.26. The van der Waals surface area contributed by atoms with Gasteiger partial charge in [0.2, 0.25) is 5.91 Å². The number of nitrogens with zero attached hydrogens (tertiary/aromatic N) is 2. The molecule has 0 radical (unpaired) electrons. The average Bonchev–Trinajstić information content (AvgIpc) is 3.15. The minimum atomic E-state index is -0.145. The van der Waals surface area contributed by atoms with E-state index in [-0.39, 0.29) is 17.9 Å². The van der Waals surface area contributed by atoms with Crippen LogP contribution in [0.15, 0.2) is 60.7 Å². The molecule has 0 saturated carbocycles. The molecule has 4 rings (SSSR count). The maximum Gasteiger partial charge on any atom is 0.224 e. The molecule has 1 aromatic heterocycles. The van der Waals surface area contributed by atoms with E-state index in [1.54, 1.807) is 0 Å². The minimum Gasteiger partial charge on any atom is -0.345 e. The van der Waals surface area contributed by atoms with E-state index in [0.717, 1.165) is 35.4 Å². The predicted octanol–water partition coefficient (Wildman–Crippen LogP) is 2.82. The van der Waals surface area contributed by atoms with Crippen molar-refractivity contribution < 1.29 is 4.79 Å². The topological polar surface area (TPSA) is 70.7 Å². The third-order valence-corrected chi connectivity index (χ3v) is 4.80. The lowest BCUT2D eigenvalue weighted by atomic mass is 9.88. The zero-order valence-corrected chi connectivity index (χ0v) is 13.9. The molecule has 2 aromatic carbocycles. The molecule has 1 aliphatic carbocycles. The van der Waals surface area contributed by atoms with Gasteiger partial charge in [-0.2, -0.15) is 15.4 Å². The number of rotatable bonds is 4. The van der Waals surface area contributed by atoms with Crippen LogP contribution in [-0.2, 0) is 17.6 Å². The lowest BCUT2D eigenvalue weighted by molar-refractivity contribution is -0.125. The maximum atomic E-state index is 12.9. The van der Waals surface area contributed by atoms with E-state index in [9.17, 15) is 4.79 Å². The first-order valence-corrected chi connectivity index (χ1v) is 8.60. The van der Waals surface area contributed by atoms with Gasteiger partial charge in [-0.05, 0) is 24.0 Å². The molecule has 1 atom stereocenters. The van der Waals surface area contributed by atoms with E-state index in [1.807, 2.05) is 36.4 Å². The van der Waals surface area contributed by atoms with E-state index in [0.29, 0.717) is 6.42 Å². The predicted molar refractivity (Wildman–Crippen MR) is 94.8 cm³/mol. The molecular formula is C20H20N4O. The molecule has 1 amide bonds. The van der Waals surface area contributed by atoms with Crippen molar-refractivity contribution in [1.82, 2.24) is 20.7 Å². The fraction of sp³-hybridized carbons (Fsp3) is 0.250. The Bertz CT molecular complexity index is 805. The Morgan fingerprint density at radius 3 is 2.20 bits per heavy atom. The highest BCUT2D eigenvalue weighted by molar-refractivity contribution is 5.80. The van der Waals surface area contributed by atoms with Crippen LogP contribution in [0, 0.1) is 5.92 Å². The third kappa shape index (κ3) is 3.31.